The Morgan fingerprint density at radius 1 is 1.06 bits per heavy atom. The fraction of sp³-hybridized carbons (Fsp3) is 0.538. The molecule has 0 unspecified atom stereocenters. The van der Waals surface area contributed by atoms with Crippen LogP contribution in [-0.4, -0.2) is 44.8 Å². The van der Waals surface area contributed by atoms with Crippen molar-refractivity contribution in [3.05, 3.63) is 24.3 Å². The van der Waals surface area contributed by atoms with Gasteiger partial charge in [0.2, 0.25) is 0 Å². The average molecular weight is 220 g/mol. The van der Waals surface area contributed by atoms with E-state index in [1.165, 1.54) is 25.2 Å². The summed E-state index contributed by atoms with van der Waals surface area (Å²) in [6, 6.07) is 8.22. The predicted molar refractivity (Wildman–Crippen MR) is 69.5 cm³/mol. The van der Waals surface area contributed by atoms with E-state index in [4.69, 9.17) is 5.73 Å². The zero-order chi connectivity index (χ0) is 11.6. The number of hydrogen-bond acceptors (Lipinski definition) is 2. The zero-order valence-electron chi connectivity index (χ0n) is 10.3. The van der Waals surface area contributed by atoms with Crippen LogP contribution >= 0.6 is 0 Å². The summed E-state index contributed by atoms with van der Waals surface area (Å²) < 4.78 is 1.13. The van der Waals surface area contributed by atoms with Crippen molar-refractivity contribution in [2.45, 2.75) is 6.42 Å². The van der Waals surface area contributed by atoms with Crippen LogP contribution in [0.15, 0.2) is 24.3 Å². The number of rotatable bonds is 1. The molecule has 1 aliphatic rings. The molecule has 3 nitrogen and oxygen atoms in total. The third kappa shape index (κ3) is 2.67. The van der Waals surface area contributed by atoms with E-state index in [0.717, 1.165) is 23.3 Å². The first-order chi connectivity index (χ1) is 7.57. The molecule has 0 aliphatic carbocycles. The second-order valence-corrected chi connectivity index (χ2v) is 5.32. The van der Waals surface area contributed by atoms with E-state index in [-0.39, 0.29) is 0 Å². The topological polar surface area (TPSA) is 29.3 Å². The number of benzene rings is 1. The number of nitrogens with zero attached hydrogens (tertiary/aromatic N) is 2. The van der Waals surface area contributed by atoms with Crippen LogP contribution in [0, 0.1) is 0 Å². The Kier molecular flexibility index (Phi) is 3.06. The minimum Gasteiger partial charge on any atom is -0.399 e. The van der Waals surface area contributed by atoms with Crippen LogP contribution in [0.25, 0.3) is 0 Å². The summed E-state index contributed by atoms with van der Waals surface area (Å²) in [5.74, 6) is 0. The summed E-state index contributed by atoms with van der Waals surface area (Å²) in [6.45, 7) is 4.78. The van der Waals surface area contributed by atoms with Gasteiger partial charge in [-0.05, 0) is 24.3 Å². The van der Waals surface area contributed by atoms with Crippen molar-refractivity contribution < 1.29 is 4.48 Å². The molecule has 1 aliphatic heterocycles. The van der Waals surface area contributed by atoms with Crippen molar-refractivity contribution in [2.75, 3.05) is 50.9 Å². The third-order valence-electron chi connectivity index (χ3n) is 3.42. The molecule has 1 saturated heterocycles. The van der Waals surface area contributed by atoms with Crippen LogP contribution in [0.4, 0.5) is 11.4 Å². The van der Waals surface area contributed by atoms with E-state index in [2.05, 4.69) is 31.1 Å². The van der Waals surface area contributed by atoms with Gasteiger partial charge < -0.3 is 15.1 Å². The molecule has 0 saturated carbocycles. The normalized spacial score (nSPS) is 20.5. The van der Waals surface area contributed by atoms with E-state index in [0.29, 0.717) is 0 Å². The molecule has 1 aromatic carbocycles. The second kappa shape index (κ2) is 4.34. The number of quaternary nitrogens is 1. The molecule has 1 aromatic rings. The molecule has 1 fully saturated rings. The van der Waals surface area contributed by atoms with Gasteiger partial charge in [-0.2, -0.15) is 0 Å². The highest BCUT2D eigenvalue weighted by Gasteiger charge is 2.21. The van der Waals surface area contributed by atoms with Gasteiger partial charge in [0.25, 0.3) is 0 Å². The van der Waals surface area contributed by atoms with Crippen molar-refractivity contribution in [2.24, 2.45) is 0 Å². The summed E-state index contributed by atoms with van der Waals surface area (Å²) in [4.78, 5) is 2.46. The number of nitrogen functional groups attached to an aromatic ring is 1. The average Bonchev–Trinajstić information content (AvgIpc) is 2.41. The highest BCUT2D eigenvalue weighted by atomic mass is 15.3. The van der Waals surface area contributed by atoms with Gasteiger partial charge >= 0.3 is 0 Å². The Hall–Kier alpha value is -1.22. The smallest absolute Gasteiger partial charge is 0.0960 e. The van der Waals surface area contributed by atoms with Gasteiger partial charge in [0, 0.05) is 24.3 Å². The minimum absolute atomic E-state index is 0.842. The maximum Gasteiger partial charge on any atom is 0.0960 e. The lowest BCUT2D eigenvalue weighted by Gasteiger charge is -2.28. The van der Waals surface area contributed by atoms with Gasteiger partial charge in [-0.15, -0.1) is 0 Å². The molecule has 16 heavy (non-hydrogen) atoms. The standard InChI is InChI=1S/C13H22N3/c1-16(2)10-3-8-15(9-11-16)13-6-4-12(14)5-7-13/h4-7H,3,8-11,14H2,1-2H3/q+1. The Morgan fingerprint density at radius 3 is 2.44 bits per heavy atom. The van der Waals surface area contributed by atoms with E-state index in [1.807, 2.05) is 12.1 Å². The van der Waals surface area contributed by atoms with Crippen LogP contribution in [0.2, 0.25) is 0 Å². The lowest BCUT2D eigenvalue weighted by atomic mass is 10.2. The summed E-state index contributed by atoms with van der Waals surface area (Å²) in [5, 5.41) is 0. The summed E-state index contributed by atoms with van der Waals surface area (Å²) in [5.41, 5.74) is 7.85. The number of anilines is 2. The van der Waals surface area contributed by atoms with Crippen LogP contribution in [0.1, 0.15) is 6.42 Å². The first-order valence-corrected chi connectivity index (χ1v) is 5.99. The molecule has 0 atom stereocenters. The molecule has 0 aromatic heterocycles. The van der Waals surface area contributed by atoms with Crippen molar-refractivity contribution in [3.8, 4) is 0 Å². The lowest BCUT2D eigenvalue weighted by molar-refractivity contribution is -0.887. The lowest BCUT2D eigenvalue weighted by Crippen LogP contribution is -2.42. The third-order valence-corrected chi connectivity index (χ3v) is 3.42. The van der Waals surface area contributed by atoms with Crippen LogP contribution < -0.4 is 10.6 Å². The highest BCUT2D eigenvalue weighted by Crippen LogP contribution is 2.19. The van der Waals surface area contributed by atoms with E-state index >= 15 is 0 Å². The van der Waals surface area contributed by atoms with Gasteiger partial charge in [-0.3, -0.25) is 0 Å². The molecule has 0 radical (unpaired) electrons. The molecule has 2 rings (SSSR count). The molecule has 1 heterocycles. The monoisotopic (exact) mass is 220 g/mol. The second-order valence-electron chi connectivity index (χ2n) is 5.32. The van der Waals surface area contributed by atoms with Crippen molar-refractivity contribution in [3.63, 3.8) is 0 Å². The number of likely N-dealkylation sites (N-methyl/N-ethyl adjacent to an activating group) is 1. The van der Waals surface area contributed by atoms with Gasteiger partial charge in [0.15, 0.2) is 0 Å². The molecule has 88 valence electrons. The van der Waals surface area contributed by atoms with Crippen molar-refractivity contribution in [1.82, 2.24) is 0 Å². The number of hydrogen-bond donors (Lipinski definition) is 1. The van der Waals surface area contributed by atoms with Gasteiger partial charge in [0.05, 0.1) is 33.7 Å². The van der Waals surface area contributed by atoms with Crippen LogP contribution in [0.5, 0.6) is 0 Å². The fourth-order valence-corrected chi connectivity index (χ4v) is 2.25. The molecule has 0 bridgehead atoms. The first kappa shape index (κ1) is 11.3. The van der Waals surface area contributed by atoms with Crippen molar-refractivity contribution in [1.29, 1.82) is 0 Å². The SMILES string of the molecule is C[N+]1(C)CCCN(c2ccc(N)cc2)CC1. The number of nitrogens with two attached hydrogens (primary N) is 1. The Morgan fingerprint density at radius 2 is 1.75 bits per heavy atom. The van der Waals surface area contributed by atoms with E-state index in [9.17, 15) is 0 Å². The molecule has 2 N–H and O–H groups in total. The van der Waals surface area contributed by atoms with Crippen LogP contribution in [-0.2, 0) is 0 Å². The Balaban J connectivity index is 2.08. The molecule has 0 amide bonds. The summed E-state index contributed by atoms with van der Waals surface area (Å²) >= 11 is 0. The first-order valence-electron chi connectivity index (χ1n) is 5.99. The van der Waals surface area contributed by atoms with Crippen LogP contribution in [0.3, 0.4) is 0 Å². The summed E-state index contributed by atoms with van der Waals surface area (Å²) in [7, 11) is 4.62. The minimum atomic E-state index is 0.842. The highest BCUT2D eigenvalue weighted by molar-refractivity contribution is 5.53. The largest absolute Gasteiger partial charge is 0.399 e. The maximum atomic E-state index is 5.71. The Labute approximate surface area is 98.0 Å². The molecule has 3 heteroatoms. The predicted octanol–water partition coefficient (Wildman–Crippen LogP) is 1.56. The summed E-state index contributed by atoms with van der Waals surface area (Å²) in [6.07, 6.45) is 1.26. The maximum absolute atomic E-state index is 5.71. The van der Waals surface area contributed by atoms with Crippen molar-refractivity contribution >= 4 is 11.4 Å². The molecular weight excluding hydrogens is 198 g/mol. The quantitative estimate of drug-likeness (QED) is 0.575. The van der Waals surface area contributed by atoms with Gasteiger partial charge in [0.1, 0.15) is 0 Å². The van der Waals surface area contributed by atoms with E-state index < -0.39 is 0 Å². The van der Waals surface area contributed by atoms with E-state index in [1.54, 1.807) is 0 Å². The van der Waals surface area contributed by atoms with Gasteiger partial charge in [-0.25, -0.2) is 0 Å². The fourth-order valence-electron chi connectivity index (χ4n) is 2.25. The zero-order valence-corrected chi connectivity index (χ0v) is 10.3. The molecular formula is C13H22N3+. The molecule has 0 spiro atoms. The van der Waals surface area contributed by atoms with Gasteiger partial charge in [-0.1, -0.05) is 0 Å². The Bertz CT molecular complexity index is 343.